The van der Waals surface area contributed by atoms with Gasteiger partial charge in [0, 0.05) is 24.2 Å². The summed E-state index contributed by atoms with van der Waals surface area (Å²) in [5, 5.41) is 5.38. The highest BCUT2D eigenvalue weighted by molar-refractivity contribution is 7.89. The number of benzene rings is 2. The fourth-order valence-corrected chi connectivity index (χ4v) is 5.16. The van der Waals surface area contributed by atoms with Crippen molar-refractivity contribution in [2.24, 2.45) is 11.8 Å². The first-order valence-corrected chi connectivity index (χ1v) is 12.5. The summed E-state index contributed by atoms with van der Waals surface area (Å²) < 4.78 is 50.8. The van der Waals surface area contributed by atoms with Crippen LogP contribution in [0.3, 0.4) is 0 Å². The molecule has 0 saturated heterocycles. The molecule has 9 nitrogen and oxygen atoms in total. The second kappa shape index (κ2) is 10.4. The van der Waals surface area contributed by atoms with Crippen LogP contribution in [0.15, 0.2) is 47.4 Å². The van der Waals surface area contributed by atoms with E-state index in [0.29, 0.717) is 42.9 Å². The lowest BCUT2D eigenvalue weighted by molar-refractivity contribution is -0.128. The Morgan fingerprint density at radius 2 is 1.68 bits per heavy atom. The summed E-state index contributed by atoms with van der Waals surface area (Å²) in [6.07, 6.45) is 2.60. The van der Waals surface area contributed by atoms with Crippen LogP contribution in [0.5, 0.6) is 11.5 Å². The number of anilines is 1. The molecule has 34 heavy (non-hydrogen) atoms. The number of halogens is 1. The average Bonchev–Trinajstić information content (AvgIpc) is 3.30. The fraction of sp³-hybridized carbons (Fsp3) is 0.391. The smallest absolute Gasteiger partial charge is 0.243 e. The number of hydrogen-bond acceptors (Lipinski definition) is 6. The maximum Gasteiger partial charge on any atom is 0.243 e. The van der Waals surface area contributed by atoms with Crippen molar-refractivity contribution in [1.82, 2.24) is 10.0 Å². The second-order valence-corrected chi connectivity index (χ2v) is 10.1. The van der Waals surface area contributed by atoms with Gasteiger partial charge in [0.1, 0.15) is 5.82 Å². The molecule has 2 amide bonds. The van der Waals surface area contributed by atoms with Crippen LogP contribution in [0.1, 0.15) is 25.7 Å². The van der Waals surface area contributed by atoms with E-state index in [1.54, 1.807) is 18.2 Å². The van der Waals surface area contributed by atoms with Gasteiger partial charge in [-0.15, -0.1) is 0 Å². The van der Waals surface area contributed by atoms with Gasteiger partial charge < -0.3 is 20.1 Å². The SMILES string of the molecule is O=C(CNC(=O)C1CCC(CNS(=O)(=O)c2ccc(F)cc2)CC1)Nc1ccc2c(c1)OCO2. The van der Waals surface area contributed by atoms with Crippen molar-refractivity contribution < 1.29 is 31.9 Å². The van der Waals surface area contributed by atoms with Gasteiger partial charge in [-0.3, -0.25) is 9.59 Å². The molecule has 2 aromatic carbocycles. The summed E-state index contributed by atoms with van der Waals surface area (Å²) in [5.74, 6) is 0.0174. The highest BCUT2D eigenvalue weighted by Crippen LogP contribution is 2.34. The number of ether oxygens (including phenoxy) is 2. The minimum Gasteiger partial charge on any atom is -0.454 e. The Kier molecular flexibility index (Phi) is 7.32. The van der Waals surface area contributed by atoms with E-state index < -0.39 is 15.8 Å². The molecule has 1 aliphatic carbocycles. The first-order chi connectivity index (χ1) is 16.3. The summed E-state index contributed by atoms with van der Waals surface area (Å²) in [4.78, 5) is 24.7. The van der Waals surface area contributed by atoms with Gasteiger partial charge in [0.2, 0.25) is 28.6 Å². The molecule has 0 atom stereocenters. The van der Waals surface area contributed by atoms with E-state index >= 15 is 0 Å². The maximum absolute atomic E-state index is 13.0. The average molecular weight is 492 g/mol. The predicted molar refractivity (Wildman–Crippen MR) is 121 cm³/mol. The van der Waals surface area contributed by atoms with Crippen molar-refractivity contribution in [3.63, 3.8) is 0 Å². The van der Waals surface area contributed by atoms with Crippen LogP contribution in [-0.4, -0.2) is 40.1 Å². The predicted octanol–water partition coefficient (Wildman–Crippen LogP) is 2.39. The summed E-state index contributed by atoms with van der Waals surface area (Å²) in [6.45, 7) is 0.252. The van der Waals surface area contributed by atoms with Crippen LogP contribution >= 0.6 is 0 Å². The molecule has 3 N–H and O–H groups in total. The Morgan fingerprint density at radius 1 is 0.971 bits per heavy atom. The molecule has 1 aliphatic heterocycles. The molecule has 4 rings (SSSR count). The Balaban J connectivity index is 1.17. The number of carbonyl (C=O) groups excluding carboxylic acids is 2. The molecule has 0 unspecified atom stereocenters. The third-order valence-electron chi connectivity index (χ3n) is 5.98. The van der Waals surface area contributed by atoms with Crippen LogP contribution in [0.2, 0.25) is 0 Å². The van der Waals surface area contributed by atoms with E-state index in [-0.39, 0.29) is 48.4 Å². The lowest BCUT2D eigenvalue weighted by atomic mass is 9.81. The van der Waals surface area contributed by atoms with Gasteiger partial charge in [-0.05, 0) is 68.0 Å². The zero-order valence-corrected chi connectivity index (χ0v) is 19.2. The minimum atomic E-state index is -3.71. The number of carbonyl (C=O) groups is 2. The summed E-state index contributed by atoms with van der Waals surface area (Å²) in [5.41, 5.74) is 0.548. The molecule has 0 aromatic heterocycles. The molecular weight excluding hydrogens is 465 g/mol. The van der Waals surface area contributed by atoms with Gasteiger partial charge in [0.25, 0.3) is 0 Å². The molecule has 1 fully saturated rings. The van der Waals surface area contributed by atoms with Crippen LogP contribution in [-0.2, 0) is 19.6 Å². The molecule has 182 valence electrons. The Bertz CT molecular complexity index is 1150. The monoisotopic (exact) mass is 491 g/mol. The van der Waals surface area contributed by atoms with E-state index in [1.807, 2.05) is 0 Å². The van der Waals surface area contributed by atoms with Crippen LogP contribution in [0, 0.1) is 17.7 Å². The number of nitrogens with one attached hydrogen (secondary N) is 3. The molecule has 2 aromatic rings. The van der Waals surface area contributed by atoms with E-state index in [9.17, 15) is 22.4 Å². The molecule has 1 saturated carbocycles. The van der Waals surface area contributed by atoms with Crippen LogP contribution < -0.4 is 24.8 Å². The van der Waals surface area contributed by atoms with Crippen LogP contribution in [0.4, 0.5) is 10.1 Å². The topological polar surface area (TPSA) is 123 Å². The summed E-state index contributed by atoms with van der Waals surface area (Å²) in [6, 6.07) is 9.71. The van der Waals surface area contributed by atoms with E-state index in [1.165, 1.54) is 12.1 Å². The minimum absolute atomic E-state index is 0.0148. The molecule has 11 heteroatoms. The second-order valence-electron chi connectivity index (χ2n) is 8.36. The quantitative estimate of drug-likeness (QED) is 0.521. The number of fused-ring (bicyclic) bond motifs is 1. The van der Waals surface area contributed by atoms with Crippen molar-refractivity contribution >= 4 is 27.5 Å². The number of amides is 2. The molecule has 0 bridgehead atoms. The van der Waals surface area contributed by atoms with Crippen molar-refractivity contribution in [2.45, 2.75) is 30.6 Å². The van der Waals surface area contributed by atoms with Gasteiger partial charge in [-0.1, -0.05) is 0 Å². The Labute approximate surface area is 197 Å². The zero-order valence-electron chi connectivity index (χ0n) is 18.4. The largest absolute Gasteiger partial charge is 0.454 e. The van der Waals surface area contributed by atoms with Gasteiger partial charge in [-0.25, -0.2) is 17.5 Å². The van der Waals surface area contributed by atoms with Crippen molar-refractivity contribution in [3.05, 3.63) is 48.3 Å². The number of sulfonamides is 1. The van der Waals surface area contributed by atoms with Gasteiger partial charge >= 0.3 is 0 Å². The number of hydrogen-bond donors (Lipinski definition) is 3. The van der Waals surface area contributed by atoms with Crippen molar-refractivity contribution in [1.29, 1.82) is 0 Å². The molecular formula is C23H26FN3O6S. The molecule has 2 aliphatic rings. The lowest BCUT2D eigenvalue weighted by Crippen LogP contribution is -2.39. The third kappa shape index (κ3) is 6.03. The zero-order chi connectivity index (χ0) is 24.1. The van der Waals surface area contributed by atoms with Gasteiger partial charge in [0.05, 0.1) is 11.4 Å². The van der Waals surface area contributed by atoms with Gasteiger partial charge in [0.15, 0.2) is 11.5 Å². The highest BCUT2D eigenvalue weighted by Gasteiger charge is 2.27. The van der Waals surface area contributed by atoms with Crippen LogP contribution in [0.25, 0.3) is 0 Å². The fourth-order valence-electron chi connectivity index (χ4n) is 4.04. The number of rotatable bonds is 8. The van der Waals surface area contributed by atoms with Gasteiger partial charge in [-0.2, -0.15) is 0 Å². The van der Waals surface area contributed by atoms with E-state index in [0.717, 1.165) is 12.1 Å². The summed E-state index contributed by atoms with van der Waals surface area (Å²) in [7, 11) is -3.71. The lowest BCUT2D eigenvalue weighted by Gasteiger charge is -2.27. The van der Waals surface area contributed by atoms with E-state index in [2.05, 4.69) is 15.4 Å². The highest BCUT2D eigenvalue weighted by atomic mass is 32.2. The molecule has 0 spiro atoms. The normalized spacial score (nSPS) is 19.4. The summed E-state index contributed by atoms with van der Waals surface area (Å²) >= 11 is 0. The standard InChI is InChI=1S/C23H26FN3O6S/c24-17-5-8-19(9-6-17)34(30,31)26-12-15-1-3-16(4-2-15)23(29)25-13-22(28)27-18-7-10-20-21(11-18)33-14-32-20/h5-11,15-16,26H,1-4,12-14H2,(H,25,29)(H,27,28). The Hall–Kier alpha value is -3.18. The Morgan fingerprint density at radius 3 is 2.41 bits per heavy atom. The maximum atomic E-state index is 13.0. The van der Waals surface area contributed by atoms with E-state index in [4.69, 9.17) is 9.47 Å². The third-order valence-corrected chi connectivity index (χ3v) is 7.42. The molecule has 0 radical (unpaired) electrons. The first-order valence-electron chi connectivity index (χ1n) is 11.0. The first kappa shape index (κ1) is 24.0. The molecule has 1 heterocycles. The van der Waals surface area contributed by atoms with Crippen molar-refractivity contribution in [2.75, 3.05) is 25.2 Å². The van der Waals surface area contributed by atoms with Crippen molar-refractivity contribution in [3.8, 4) is 11.5 Å².